The third-order valence-electron chi connectivity index (χ3n) is 4.12. The molecule has 26 heavy (non-hydrogen) atoms. The van der Waals surface area contributed by atoms with E-state index in [0.717, 1.165) is 12.8 Å². The Bertz CT molecular complexity index is 450. The number of carbonyl (C=O) groups excluding carboxylic acids is 3. The van der Waals surface area contributed by atoms with Gasteiger partial charge in [0.2, 0.25) is 11.8 Å². The summed E-state index contributed by atoms with van der Waals surface area (Å²) in [6.45, 7) is 12.0. The van der Waals surface area contributed by atoms with E-state index in [0.29, 0.717) is 13.0 Å². The summed E-state index contributed by atoms with van der Waals surface area (Å²) in [4.78, 5) is 36.9. The predicted molar refractivity (Wildman–Crippen MR) is 105 cm³/mol. The van der Waals surface area contributed by atoms with Crippen LogP contribution in [-0.2, 0) is 14.4 Å². The van der Waals surface area contributed by atoms with Crippen molar-refractivity contribution in [2.75, 3.05) is 13.1 Å². The molecule has 0 saturated heterocycles. The molecule has 0 aliphatic heterocycles. The number of nitrogens with two attached hydrogens (primary N) is 1. The van der Waals surface area contributed by atoms with Crippen LogP contribution in [0.15, 0.2) is 0 Å². The molecular formula is C19H38N4O3. The number of rotatable bonds is 13. The van der Waals surface area contributed by atoms with Crippen molar-refractivity contribution >= 4 is 17.6 Å². The van der Waals surface area contributed by atoms with Gasteiger partial charge in [0.1, 0.15) is 6.04 Å². The Morgan fingerprint density at radius 1 is 0.923 bits per heavy atom. The van der Waals surface area contributed by atoms with Crippen LogP contribution in [0.4, 0.5) is 0 Å². The molecule has 0 saturated carbocycles. The monoisotopic (exact) mass is 370 g/mol. The molecule has 7 heteroatoms. The van der Waals surface area contributed by atoms with Gasteiger partial charge in [0.15, 0.2) is 5.78 Å². The smallest absolute Gasteiger partial charge is 0.242 e. The fourth-order valence-corrected chi connectivity index (χ4v) is 2.45. The molecule has 0 aliphatic rings. The van der Waals surface area contributed by atoms with Gasteiger partial charge in [0, 0.05) is 12.0 Å². The van der Waals surface area contributed by atoms with Gasteiger partial charge < -0.3 is 21.7 Å². The fourth-order valence-electron chi connectivity index (χ4n) is 2.45. The van der Waals surface area contributed by atoms with Crippen molar-refractivity contribution in [2.45, 2.75) is 78.9 Å². The number of hydrogen-bond acceptors (Lipinski definition) is 5. The molecule has 152 valence electrons. The van der Waals surface area contributed by atoms with Gasteiger partial charge in [-0.05, 0) is 31.7 Å². The van der Waals surface area contributed by atoms with Gasteiger partial charge in [-0.25, -0.2) is 0 Å². The van der Waals surface area contributed by atoms with Gasteiger partial charge in [-0.3, -0.25) is 14.4 Å². The molecule has 0 aliphatic carbocycles. The fraction of sp³-hybridized carbons (Fsp3) is 0.842. The van der Waals surface area contributed by atoms with Gasteiger partial charge in [0.25, 0.3) is 0 Å². The van der Waals surface area contributed by atoms with Crippen LogP contribution < -0.4 is 21.7 Å². The van der Waals surface area contributed by atoms with Crippen molar-refractivity contribution < 1.29 is 14.4 Å². The van der Waals surface area contributed by atoms with Crippen molar-refractivity contribution in [3.8, 4) is 0 Å². The average molecular weight is 371 g/mol. The van der Waals surface area contributed by atoms with Crippen LogP contribution in [0.3, 0.4) is 0 Å². The minimum absolute atomic E-state index is 0.0163. The van der Waals surface area contributed by atoms with Crippen LogP contribution in [0.25, 0.3) is 0 Å². The van der Waals surface area contributed by atoms with Gasteiger partial charge in [-0.1, -0.05) is 41.5 Å². The molecule has 5 N–H and O–H groups in total. The lowest BCUT2D eigenvalue weighted by Crippen LogP contribution is -2.55. The quantitative estimate of drug-likeness (QED) is 0.361. The van der Waals surface area contributed by atoms with Crippen LogP contribution in [0.2, 0.25) is 0 Å². The van der Waals surface area contributed by atoms with E-state index in [4.69, 9.17) is 5.73 Å². The third-order valence-corrected chi connectivity index (χ3v) is 4.12. The van der Waals surface area contributed by atoms with Gasteiger partial charge in [-0.15, -0.1) is 0 Å². The Labute approximate surface area is 158 Å². The summed E-state index contributed by atoms with van der Waals surface area (Å²) in [6, 6.07) is -0.886. The number of hydrogen-bond donors (Lipinski definition) is 4. The second-order valence-electron chi connectivity index (χ2n) is 7.73. The SMILES string of the molecule is CC(C)NC(C(=O)NC(CCCCN)C(=O)NCC(=O)C(C)C)C(C)C. The zero-order chi connectivity index (χ0) is 20.3. The number of amides is 2. The Kier molecular flexibility index (Phi) is 12.1. The summed E-state index contributed by atoms with van der Waals surface area (Å²) in [5.41, 5.74) is 5.52. The van der Waals surface area contributed by atoms with E-state index in [2.05, 4.69) is 16.0 Å². The lowest BCUT2D eigenvalue weighted by molar-refractivity contribution is -0.131. The Balaban J connectivity index is 4.96. The molecule has 2 amide bonds. The number of nitrogens with one attached hydrogen (secondary N) is 3. The summed E-state index contributed by atoms with van der Waals surface area (Å²) in [6.07, 6.45) is 2.01. The molecule has 0 radical (unpaired) electrons. The standard InChI is InChI=1S/C19H38N4O3/c1-12(2)16(24)11-21-18(25)15(9-7-8-10-20)23-19(26)17(13(3)4)22-14(5)6/h12-15,17,22H,7-11,20H2,1-6H3,(H,21,25)(H,23,26). The first-order valence-corrected chi connectivity index (χ1v) is 9.67. The minimum atomic E-state index is -0.663. The van der Waals surface area contributed by atoms with E-state index in [1.165, 1.54) is 0 Å². The topological polar surface area (TPSA) is 113 Å². The molecule has 0 spiro atoms. The van der Waals surface area contributed by atoms with Gasteiger partial charge in [0.05, 0.1) is 12.6 Å². The highest BCUT2D eigenvalue weighted by atomic mass is 16.2. The molecule has 0 heterocycles. The van der Waals surface area contributed by atoms with Crippen molar-refractivity contribution in [3.63, 3.8) is 0 Å². The summed E-state index contributed by atoms with van der Waals surface area (Å²) in [5.74, 6) is -0.603. The lowest BCUT2D eigenvalue weighted by Gasteiger charge is -2.27. The van der Waals surface area contributed by atoms with E-state index in [-0.39, 0.29) is 48.1 Å². The highest BCUT2D eigenvalue weighted by molar-refractivity contribution is 5.92. The Morgan fingerprint density at radius 3 is 2.00 bits per heavy atom. The van der Waals surface area contributed by atoms with Crippen LogP contribution in [0.5, 0.6) is 0 Å². The number of ketones is 1. The zero-order valence-electron chi connectivity index (χ0n) is 17.2. The maximum absolute atomic E-state index is 12.7. The van der Waals surface area contributed by atoms with Crippen molar-refractivity contribution in [3.05, 3.63) is 0 Å². The summed E-state index contributed by atoms with van der Waals surface area (Å²) >= 11 is 0. The van der Waals surface area contributed by atoms with E-state index < -0.39 is 6.04 Å². The van der Waals surface area contributed by atoms with Crippen molar-refractivity contribution in [1.29, 1.82) is 0 Å². The summed E-state index contributed by atoms with van der Waals surface area (Å²) in [5, 5.41) is 8.74. The van der Waals surface area contributed by atoms with Crippen LogP contribution in [0.1, 0.15) is 60.8 Å². The second kappa shape index (κ2) is 12.8. The molecule has 7 nitrogen and oxygen atoms in total. The van der Waals surface area contributed by atoms with E-state index in [9.17, 15) is 14.4 Å². The molecule has 0 aromatic rings. The van der Waals surface area contributed by atoms with Gasteiger partial charge in [-0.2, -0.15) is 0 Å². The number of Topliss-reactive ketones (excluding diaryl/α,β-unsaturated/α-hetero) is 1. The van der Waals surface area contributed by atoms with Gasteiger partial charge >= 0.3 is 0 Å². The maximum atomic E-state index is 12.7. The average Bonchev–Trinajstić information content (AvgIpc) is 2.55. The summed E-state index contributed by atoms with van der Waals surface area (Å²) in [7, 11) is 0. The molecule has 2 atom stereocenters. The maximum Gasteiger partial charge on any atom is 0.242 e. The van der Waals surface area contributed by atoms with E-state index in [1.54, 1.807) is 13.8 Å². The first-order chi connectivity index (χ1) is 12.1. The zero-order valence-corrected chi connectivity index (χ0v) is 17.2. The number of carbonyl (C=O) groups is 3. The molecule has 0 fully saturated rings. The molecule has 0 rings (SSSR count). The molecule has 0 bridgehead atoms. The highest BCUT2D eigenvalue weighted by Gasteiger charge is 2.27. The second-order valence-corrected chi connectivity index (χ2v) is 7.73. The first-order valence-electron chi connectivity index (χ1n) is 9.67. The van der Waals surface area contributed by atoms with E-state index >= 15 is 0 Å². The molecular weight excluding hydrogens is 332 g/mol. The van der Waals surface area contributed by atoms with Crippen LogP contribution in [0, 0.1) is 11.8 Å². The van der Waals surface area contributed by atoms with Crippen molar-refractivity contribution in [1.82, 2.24) is 16.0 Å². The lowest BCUT2D eigenvalue weighted by atomic mass is 10.0. The third kappa shape index (κ3) is 9.87. The molecule has 2 unspecified atom stereocenters. The van der Waals surface area contributed by atoms with Crippen LogP contribution >= 0.6 is 0 Å². The largest absolute Gasteiger partial charge is 0.347 e. The normalized spacial score (nSPS) is 13.8. The predicted octanol–water partition coefficient (Wildman–Crippen LogP) is 0.964. The Hall–Kier alpha value is -1.47. The Morgan fingerprint density at radius 2 is 1.54 bits per heavy atom. The molecule has 0 aromatic carbocycles. The highest BCUT2D eigenvalue weighted by Crippen LogP contribution is 2.07. The first kappa shape index (κ1) is 24.5. The molecule has 0 aromatic heterocycles. The van der Waals surface area contributed by atoms with E-state index in [1.807, 2.05) is 27.7 Å². The number of unbranched alkanes of at least 4 members (excludes halogenated alkanes) is 1. The summed E-state index contributed by atoms with van der Waals surface area (Å²) < 4.78 is 0. The van der Waals surface area contributed by atoms with Crippen molar-refractivity contribution in [2.24, 2.45) is 17.6 Å². The minimum Gasteiger partial charge on any atom is -0.347 e. The van der Waals surface area contributed by atoms with Crippen LogP contribution in [-0.4, -0.2) is 48.8 Å².